The van der Waals surface area contributed by atoms with Crippen molar-refractivity contribution in [2.24, 2.45) is 5.73 Å². The van der Waals surface area contributed by atoms with Gasteiger partial charge < -0.3 is 10.8 Å². The Labute approximate surface area is 116 Å². The first-order valence-electron chi connectivity index (χ1n) is 5.85. The van der Waals surface area contributed by atoms with E-state index in [4.69, 9.17) is 10.8 Å². The zero-order valence-electron chi connectivity index (χ0n) is 10.7. The lowest BCUT2D eigenvalue weighted by molar-refractivity contribution is -0.139. The van der Waals surface area contributed by atoms with Crippen molar-refractivity contribution < 1.29 is 23.1 Å². The number of carboxylic acid groups (broad SMARTS) is 1. The maximum atomic E-state index is 11.9. The van der Waals surface area contributed by atoms with Crippen LogP contribution in [-0.2, 0) is 25.4 Å². The number of benzene rings is 1. The Morgan fingerprint density at radius 3 is 2.35 bits per heavy atom. The van der Waals surface area contributed by atoms with Gasteiger partial charge in [-0.25, -0.2) is 13.1 Å². The predicted octanol–water partition coefficient (Wildman–Crippen LogP) is -0.175. The molecule has 1 aromatic rings. The summed E-state index contributed by atoms with van der Waals surface area (Å²) in [5, 5.41) is 8.94. The minimum absolute atomic E-state index is 0.182. The topological polar surface area (TPSA) is 127 Å². The highest BCUT2D eigenvalue weighted by atomic mass is 32.2. The average molecular weight is 300 g/mol. The first-order chi connectivity index (χ1) is 9.30. The van der Waals surface area contributed by atoms with E-state index in [0.29, 0.717) is 5.56 Å². The Balaban J connectivity index is 2.71. The molecule has 0 fully saturated rings. The van der Waals surface area contributed by atoms with Gasteiger partial charge in [0, 0.05) is 6.42 Å². The number of carbonyl (C=O) groups is 2. The standard InChI is InChI=1S/C12H16N2O5S/c13-11(15)7-6-10(12(16)17)14-20(18,19)8-9-4-2-1-3-5-9/h1-5,10,14H,6-8H2,(H2,13,15)(H,16,17)/t10-/m0/s1. The van der Waals surface area contributed by atoms with E-state index in [9.17, 15) is 18.0 Å². The van der Waals surface area contributed by atoms with Crippen LogP contribution in [0.5, 0.6) is 0 Å². The summed E-state index contributed by atoms with van der Waals surface area (Å²) in [5.74, 6) is -2.35. The fourth-order valence-electron chi connectivity index (χ4n) is 1.57. The van der Waals surface area contributed by atoms with Gasteiger partial charge in [-0.15, -0.1) is 0 Å². The molecule has 0 spiro atoms. The Bertz CT molecular complexity index is 571. The molecule has 0 aliphatic heterocycles. The molecule has 7 nitrogen and oxygen atoms in total. The van der Waals surface area contributed by atoms with Crippen LogP contribution in [0, 0.1) is 0 Å². The first-order valence-corrected chi connectivity index (χ1v) is 7.50. The quantitative estimate of drug-likeness (QED) is 0.614. The van der Waals surface area contributed by atoms with Crippen molar-refractivity contribution in [3.05, 3.63) is 35.9 Å². The van der Waals surface area contributed by atoms with E-state index in [1.54, 1.807) is 30.3 Å². The molecule has 1 atom stereocenters. The van der Waals surface area contributed by atoms with Crippen LogP contribution in [0.15, 0.2) is 30.3 Å². The van der Waals surface area contributed by atoms with Gasteiger partial charge in [-0.2, -0.15) is 0 Å². The van der Waals surface area contributed by atoms with Gasteiger partial charge in [0.25, 0.3) is 0 Å². The minimum atomic E-state index is -3.81. The molecule has 1 aromatic carbocycles. The summed E-state index contributed by atoms with van der Waals surface area (Å²) in [7, 11) is -3.81. The number of hydrogen-bond donors (Lipinski definition) is 3. The maximum Gasteiger partial charge on any atom is 0.321 e. The smallest absolute Gasteiger partial charge is 0.321 e. The number of nitrogens with two attached hydrogens (primary N) is 1. The molecule has 0 radical (unpaired) electrons. The fraction of sp³-hybridized carbons (Fsp3) is 0.333. The molecule has 0 aromatic heterocycles. The van der Waals surface area contributed by atoms with Crippen LogP contribution in [0.2, 0.25) is 0 Å². The normalized spacial score (nSPS) is 12.8. The molecular weight excluding hydrogens is 284 g/mol. The molecule has 0 bridgehead atoms. The third kappa shape index (κ3) is 5.81. The zero-order chi connectivity index (χ0) is 15.2. The number of carbonyl (C=O) groups excluding carboxylic acids is 1. The molecule has 8 heteroatoms. The molecule has 0 saturated heterocycles. The van der Waals surface area contributed by atoms with Gasteiger partial charge in [0.15, 0.2) is 0 Å². The SMILES string of the molecule is NC(=O)CC[C@H](NS(=O)(=O)Cc1ccccc1)C(=O)O. The van der Waals surface area contributed by atoms with E-state index < -0.39 is 27.9 Å². The van der Waals surface area contributed by atoms with Crippen LogP contribution in [0.3, 0.4) is 0 Å². The third-order valence-corrected chi connectivity index (χ3v) is 3.86. The Kier molecular flexibility index (Phi) is 5.66. The van der Waals surface area contributed by atoms with E-state index in [0.717, 1.165) is 0 Å². The summed E-state index contributed by atoms with van der Waals surface area (Å²) in [4.78, 5) is 21.6. The first kappa shape index (κ1) is 16.1. The van der Waals surface area contributed by atoms with Crippen LogP contribution >= 0.6 is 0 Å². The number of rotatable bonds is 8. The minimum Gasteiger partial charge on any atom is -0.480 e. The van der Waals surface area contributed by atoms with Gasteiger partial charge in [0.1, 0.15) is 6.04 Å². The number of nitrogens with one attached hydrogen (secondary N) is 1. The van der Waals surface area contributed by atoms with Gasteiger partial charge in [-0.1, -0.05) is 30.3 Å². The van der Waals surface area contributed by atoms with Gasteiger partial charge in [0.2, 0.25) is 15.9 Å². The number of hydrogen-bond acceptors (Lipinski definition) is 4. The average Bonchev–Trinajstić information content (AvgIpc) is 2.34. The molecule has 0 unspecified atom stereocenters. The van der Waals surface area contributed by atoms with Crippen molar-refractivity contribution in [3.63, 3.8) is 0 Å². The second kappa shape index (κ2) is 7.01. The molecule has 110 valence electrons. The molecule has 1 amide bonds. The Morgan fingerprint density at radius 2 is 1.85 bits per heavy atom. The monoisotopic (exact) mass is 300 g/mol. The van der Waals surface area contributed by atoms with Crippen molar-refractivity contribution in [2.75, 3.05) is 0 Å². The number of sulfonamides is 1. The maximum absolute atomic E-state index is 11.9. The van der Waals surface area contributed by atoms with E-state index in [1.165, 1.54) is 0 Å². The van der Waals surface area contributed by atoms with Crippen molar-refractivity contribution in [1.82, 2.24) is 4.72 Å². The van der Waals surface area contributed by atoms with Gasteiger partial charge >= 0.3 is 5.97 Å². The summed E-state index contributed by atoms with van der Waals surface area (Å²) in [6.45, 7) is 0. The number of carboxylic acids is 1. The van der Waals surface area contributed by atoms with Crippen LogP contribution in [0.4, 0.5) is 0 Å². The number of amides is 1. The molecule has 0 aliphatic carbocycles. The van der Waals surface area contributed by atoms with Crippen molar-refractivity contribution in [3.8, 4) is 0 Å². The van der Waals surface area contributed by atoms with Crippen LogP contribution < -0.4 is 10.5 Å². The molecule has 0 aliphatic rings. The largest absolute Gasteiger partial charge is 0.480 e. The lowest BCUT2D eigenvalue weighted by atomic mass is 10.2. The summed E-state index contributed by atoms with van der Waals surface area (Å²) in [6.07, 6.45) is -0.385. The van der Waals surface area contributed by atoms with E-state index in [1.807, 2.05) is 0 Å². The van der Waals surface area contributed by atoms with Crippen molar-refractivity contribution in [1.29, 1.82) is 0 Å². The highest BCUT2D eigenvalue weighted by molar-refractivity contribution is 7.88. The van der Waals surface area contributed by atoms with Gasteiger partial charge in [-0.05, 0) is 12.0 Å². The summed E-state index contributed by atoms with van der Waals surface area (Å²) in [5.41, 5.74) is 5.46. The molecule has 20 heavy (non-hydrogen) atoms. The fourth-order valence-corrected chi connectivity index (χ4v) is 2.94. The lowest BCUT2D eigenvalue weighted by Gasteiger charge is -2.14. The summed E-state index contributed by atoms with van der Waals surface area (Å²) >= 11 is 0. The predicted molar refractivity (Wildman–Crippen MR) is 72.1 cm³/mol. The summed E-state index contributed by atoms with van der Waals surface area (Å²) < 4.78 is 25.8. The zero-order valence-corrected chi connectivity index (χ0v) is 11.5. The third-order valence-electron chi connectivity index (χ3n) is 2.50. The van der Waals surface area contributed by atoms with Gasteiger partial charge in [0.05, 0.1) is 5.75 Å². The summed E-state index contributed by atoms with van der Waals surface area (Å²) in [6, 6.07) is 7.00. The Hall–Kier alpha value is -1.93. The highest BCUT2D eigenvalue weighted by Gasteiger charge is 2.24. The number of aliphatic carboxylic acids is 1. The van der Waals surface area contributed by atoms with E-state index >= 15 is 0 Å². The van der Waals surface area contributed by atoms with E-state index in [-0.39, 0.29) is 18.6 Å². The highest BCUT2D eigenvalue weighted by Crippen LogP contribution is 2.07. The van der Waals surface area contributed by atoms with Crippen LogP contribution in [0.25, 0.3) is 0 Å². The lowest BCUT2D eigenvalue weighted by Crippen LogP contribution is -2.41. The second-order valence-electron chi connectivity index (χ2n) is 4.26. The Morgan fingerprint density at radius 1 is 1.25 bits per heavy atom. The van der Waals surface area contributed by atoms with Gasteiger partial charge in [-0.3, -0.25) is 9.59 Å². The molecule has 1 rings (SSSR count). The van der Waals surface area contributed by atoms with Crippen molar-refractivity contribution >= 4 is 21.9 Å². The number of primary amides is 1. The molecule has 0 heterocycles. The van der Waals surface area contributed by atoms with Crippen LogP contribution in [0.1, 0.15) is 18.4 Å². The molecule has 4 N–H and O–H groups in total. The van der Waals surface area contributed by atoms with Crippen LogP contribution in [-0.4, -0.2) is 31.4 Å². The molecule has 0 saturated carbocycles. The van der Waals surface area contributed by atoms with Crippen molar-refractivity contribution in [2.45, 2.75) is 24.6 Å². The van der Waals surface area contributed by atoms with E-state index in [2.05, 4.69) is 4.72 Å². The molecular formula is C12H16N2O5S. The second-order valence-corrected chi connectivity index (χ2v) is 6.01.